The normalized spacial score (nSPS) is 12.5. The van der Waals surface area contributed by atoms with Gasteiger partial charge in [0.25, 0.3) is 0 Å². The number of alkyl carbamates (subject to hydrolysis) is 1. The first-order valence-corrected chi connectivity index (χ1v) is 6.78. The molecule has 8 nitrogen and oxygen atoms in total. The van der Waals surface area contributed by atoms with Crippen LogP contribution in [0.1, 0.15) is 26.3 Å². The third-order valence-corrected chi connectivity index (χ3v) is 2.72. The minimum Gasteiger partial charge on any atom is -0.502 e. The zero-order chi connectivity index (χ0) is 16.9. The van der Waals surface area contributed by atoms with Crippen molar-refractivity contribution < 1.29 is 19.6 Å². The summed E-state index contributed by atoms with van der Waals surface area (Å²) in [4.78, 5) is 21.7. The van der Waals surface area contributed by atoms with Crippen LogP contribution in [0.4, 0.5) is 10.5 Å². The number of phenols is 1. The number of amides is 1. The van der Waals surface area contributed by atoms with Crippen molar-refractivity contribution in [3.8, 4) is 5.75 Å². The predicted octanol–water partition coefficient (Wildman–Crippen LogP) is 1.69. The van der Waals surface area contributed by atoms with Crippen LogP contribution in [0.2, 0.25) is 0 Å². The minimum absolute atomic E-state index is 0.164. The molecule has 8 heteroatoms. The highest BCUT2D eigenvalue weighted by molar-refractivity contribution is 5.68. The number of carbonyl (C=O) groups excluding carboxylic acids is 1. The monoisotopic (exact) mass is 311 g/mol. The Morgan fingerprint density at radius 3 is 2.59 bits per heavy atom. The average Bonchev–Trinajstić information content (AvgIpc) is 2.35. The van der Waals surface area contributed by atoms with Crippen LogP contribution in [0.15, 0.2) is 18.2 Å². The van der Waals surface area contributed by atoms with Gasteiger partial charge in [-0.05, 0) is 38.8 Å². The summed E-state index contributed by atoms with van der Waals surface area (Å²) in [6, 6.07) is 3.61. The van der Waals surface area contributed by atoms with Crippen molar-refractivity contribution in [2.24, 2.45) is 5.73 Å². The molecule has 0 radical (unpaired) electrons. The molecule has 1 aromatic rings. The van der Waals surface area contributed by atoms with Crippen LogP contribution in [-0.2, 0) is 11.2 Å². The summed E-state index contributed by atoms with van der Waals surface area (Å²) >= 11 is 0. The highest BCUT2D eigenvalue weighted by Gasteiger charge is 2.20. The van der Waals surface area contributed by atoms with E-state index in [0.717, 1.165) is 0 Å². The van der Waals surface area contributed by atoms with Crippen LogP contribution < -0.4 is 11.1 Å². The molecule has 0 spiro atoms. The number of rotatable bonds is 5. The molecule has 0 saturated carbocycles. The Hall–Kier alpha value is -2.35. The maximum absolute atomic E-state index is 11.7. The quantitative estimate of drug-likeness (QED) is 0.561. The van der Waals surface area contributed by atoms with Crippen LogP contribution in [0.5, 0.6) is 5.75 Å². The van der Waals surface area contributed by atoms with Crippen molar-refractivity contribution in [2.75, 3.05) is 6.54 Å². The van der Waals surface area contributed by atoms with Crippen molar-refractivity contribution in [3.05, 3.63) is 33.9 Å². The zero-order valence-electron chi connectivity index (χ0n) is 12.8. The first-order chi connectivity index (χ1) is 10.1. The Morgan fingerprint density at radius 2 is 2.14 bits per heavy atom. The number of nitrogens with one attached hydrogen (secondary N) is 1. The number of nitrogens with zero attached hydrogens (tertiary/aromatic N) is 1. The molecule has 1 atom stereocenters. The number of aromatic hydroxyl groups is 1. The van der Waals surface area contributed by atoms with Crippen molar-refractivity contribution in [3.63, 3.8) is 0 Å². The third kappa shape index (κ3) is 5.57. The summed E-state index contributed by atoms with van der Waals surface area (Å²) < 4.78 is 5.14. The van der Waals surface area contributed by atoms with Crippen LogP contribution in [0, 0.1) is 10.1 Å². The summed E-state index contributed by atoms with van der Waals surface area (Å²) in [7, 11) is 0. The van der Waals surface area contributed by atoms with Crippen molar-refractivity contribution >= 4 is 11.8 Å². The molecule has 0 bridgehead atoms. The summed E-state index contributed by atoms with van der Waals surface area (Å²) in [5, 5.41) is 22.9. The van der Waals surface area contributed by atoms with Crippen molar-refractivity contribution in [1.82, 2.24) is 5.32 Å². The number of ether oxygens (including phenoxy) is 1. The topological polar surface area (TPSA) is 128 Å². The number of nitro benzene ring substituents is 1. The lowest BCUT2D eigenvalue weighted by Crippen LogP contribution is -2.44. The summed E-state index contributed by atoms with van der Waals surface area (Å²) in [5.41, 5.74) is 5.24. The van der Waals surface area contributed by atoms with Gasteiger partial charge in [-0.25, -0.2) is 4.79 Å². The largest absolute Gasteiger partial charge is 0.502 e. The van der Waals surface area contributed by atoms with E-state index in [1.807, 2.05) is 0 Å². The van der Waals surface area contributed by atoms with E-state index in [-0.39, 0.29) is 12.2 Å². The number of hydrogen-bond acceptors (Lipinski definition) is 6. The predicted molar refractivity (Wildman–Crippen MR) is 80.7 cm³/mol. The fourth-order valence-corrected chi connectivity index (χ4v) is 1.80. The van der Waals surface area contributed by atoms with E-state index in [9.17, 15) is 20.0 Å². The fraction of sp³-hybridized carbons (Fsp3) is 0.500. The van der Waals surface area contributed by atoms with Crippen LogP contribution in [0.3, 0.4) is 0 Å². The van der Waals surface area contributed by atoms with Gasteiger partial charge in [-0.3, -0.25) is 10.1 Å². The molecule has 0 aliphatic rings. The molecule has 1 rings (SSSR count). The second-order valence-electron chi connectivity index (χ2n) is 5.86. The third-order valence-electron chi connectivity index (χ3n) is 2.72. The molecule has 1 unspecified atom stereocenters. The smallest absolute Gasteiger partial charge is 0.407 e. The van der Waals surface area contributed by atoms with E-state index in [2.05, 4.69) is 5.32 Å². The Bertz CT molecular complexity index is 554. The van der Waals surface area contributed by atoms with Gasteiger partial charge in [-0.2, -0.15) is 0 Å². The Balaban J connectivity index is 2.72. The lowest BCUT2D eigenvalue weighted by molar-refractivity contribution is -0.385. The van der Waals surface area contributed by atoms with Crippen LogP contribution >= 0.6 is 0 Å². The van der Waals surface area contributed by atoms with Crippen LogP contribution in [0.25, 0.3) is 0 Å². The molecule has 0 aliphatic heterocycles. The number of hydrogen-bond donors (Lipinski definition) is 3. The van der Waals surface area contributed by atoms with E-state index >= 15 is 0 Å². The molecule has 0 aromatic heterocycles. The van der Waals surface area contributed by atoms with Crippen molar-refractivity contribution in [1.29, 1.82) is 0 Å². The van der Waals surface area contributed by atoms with Crippen LogP contribution in [-0.4, -0.2) is 34.3 Å². The standard InChI is InChI=1S/C14H21N3O5/c1-14(2,3)22-13(19)16-10(8-15)6-9-4-5-11(17(20)21)12(18)7-9/h4-5,7,10,18H,6,8,15H2,1-3H3,(H,16,19). The summed E-state index contributed by atoms with van der Waals surface area (Å²) in [6.45, 7) is 5.41. The highest BCUT2D eigenvalue weighted by atomic mass is 16.6. The first kappa shape index (κ1) is 17.7. The molecule has 122 valence electrons. The fourth-order valence-electron chi connectivity index (χ4n) is 1.80. The Labute approximate surface area is 128 Å². The van der Waals surface area contributed by atoms with E-state index in [1.165, 1.54) is 18.2 Å². The molecular formula is C14H21N3O5. The van der Waals surface area contributed by atoms with Gasteiger partial charge >= 0.3 is 11.8 Å². The van der Waals surface area contributed by atoms with E-state index in [4.69, 9.17) is 10.5 Å². The van der Waals surface area contributed by atoms with Gasteiger partial charge in [0.05, 0.1) is 4.92 Å². The summed E-state index contributed by atoms with van der Waals surface area (Å²) in [6.07, 6.45) is -0.268. The maximum Gasteiger partial charge on any atom is 0.407 e. The number of nitrogens with two attached hydrogens (primary N) is 1. The average molecular weight is 311 g/mol. The molecule has 0 saturated heterocycles. The second-order valence-corrected chi connectivity index (χ2v) is 5.86. The van der Waals surface area contributed by atoms with E-state index in [0.29, 0.717) is 12.0 Å². The zero-order valence-corrected chi connectivity index (χ0v) is 12.8. The molecular weight excluding hydrogens is 290 g/mol. The van der Waals surface area contributed by atoms with Gasteiger partial charge in [0.15, 0.2) is 5.75 Å². The minimum atomic E-state index is -0.668. The summed E-state index contributed by atoms with van der Waals surface area (Å²) in [5.74, 6) is -0.421. The SMILES string of the molecule is CC(C)(C)OC(=O)NC(CN)Cc1ccc([N+](=O)[O-])c(O)c1. The Morgan fingerprint density at radius 1 is 1.50 bits per heavy atom. The lowest BCUT2D eigenvalue weighted by Gasteiger charge is -2.23. The number of benzene rings is 1. The molecule has 4 N–H and O–H groups in total. The maximum atomic E-state index is 11.7. The molecule has 0 fully saturated rings. The second kappa shape index (κ2) is 7.08. The first-order valence-electron chi connectivity index (χ1n) is 6.78. The highest BCUT2D eigenvalue weighted by Crippen LogP contribution is 2.26. The number of carbonyl (C=O) groups is 1. The molecule has 1 amide bonds. The molecule has 0 aliphatic carbocycles. The van der Waals surface area contributed by atoms with Gasteiger partial charge in [-0.15, -0.1) is 0 Å². The molecule has 1 aromatic carbocycles. The molecule has 22 heavy (non-hydrogen) atoms. The van der Waals surface area contributed by atoms with Gasteiger partial charge in [0.2, 0.25) is 0 Å². The van der Waals surface area contributed by atoms with E-state index < -0.39 is 28.4 Å². The Kier molecular flexibility index (Phi) is 5.69. The van der Waals surface area contributed by atoms with Gasteiger partial charge in [0, 0.05) is 18.7 Å². The van der Waals surface area contributed by atoms with Gasteiger partial charge < -0.3 is 20.9 Å². The van der Waals surface area contributed by atoms with E-state index in [1.54, 1.807) is 20.8 Å². The van der Waals surface area contributed by atoms with Crippen molar-refractivity contribution in [2.45, 2.75) is 38.8 Å². The number of nitro groups is 1. The lowest BCUT2D eigenvalue weighted by atomic mass is 10.1. The van der Waals surface area contributed by atoms with Gasteiger partial charge in [-0.1, -0.05) is 6.07 Å². The molecule has 0 heterocycles. The van der Waals surface area contributed by atoms with Gasteiger partial charge in [0.1, 0.15) is 5.60 Å². The number of phenolic OH excluding ortho intramolecular Hbond substituents is 1.